The molecular formula is C13H23N5OS. The molecule has 1 aliphatic heterocycles. The van der Waals surface area contributed by atoms with Crippen molar-refractivity contribution >= 4 is 22.4 Å². The van der Waals surface area contributed by atoms with Gasteiger partial charge in [-0.2, -0.15) is 0 Å². The third-order valence-corrected chi connectivity index (χ3v) is 4.58. The van der Waals surface area contributed by atoms with Crippen LogP contribution in [0.5, 0.6) is 0 Å². The maximum Gasteiger partial charge on any atom is 0.221 e. The van der Waals surface area contributed by atoms with E-state index in [1.165, 1.54) is 11.5 Å². The molecule has 6 nitrogen and oxygen atoms in total. The van der Waals surface area contributed by atoms with Crippen molar-refractivity contribution in [3.05, 3.63) is 5.69 Å². The molecule has 1 amide bonds. The van der Waals surface area contributed by atoms with Gasteiger partial charge in [0.15, 0.2) is 0 Å². The number of hydrogen-bond acceptors (Lipinski definition) is 6. The first kappa shape index (κ1) is 15.2. The molecule has 2 unspecified atom stereocenters. The summed E-state index contributed by atoms with van der Waals surface area (Å²) in [6, 6.07) is 0.450. The second-order valence-electron chi connectivity index (χ2n) is 5.43. The number of anilines is 1. The molecule has 0 saturated carbocycles. The average Bonchev–Trinajstić information content (AvgIpc) is 2.86. The molecule has 0 radical (unpaired) electrons. The summed E-state index contributed by atoms with van der Waals surface area (Å²) in [6.45, 7) is 6.70. The van der Waals surface area contributed by atoms with Crippen LogP contribution in [0.3, 0.4) is 0 Å². The Morgan fingerprint density at radius 3 is 3.05 bits per heavy atom. The molecule has 7 heteroatoms. The summed E-state index contributed by atoms with van der Waals surface area (Å²) in [7, 11) is 0. The van der Waals surface area contributed by atoms with Crippen molar-refractivity contribution in [3.63, 3.8) is 0 Å². The third kappa shape index (κ3) is 3.67. The van der Waals surface area contributed by atoms with Gasteiger partial charge in [-0.15, -0.1) is 5.10 Å². The lowest BCUT2D eigenvalue weighted by Crippen LogP contribution is -2.45. The van der Waals surface area contributed by atoms with Gasteiger partial charge >= 0.3 is 0 Å². The van der Waals surface area contributed by atoms with Crippen LogP contribution in [0.15, 0.2) is 0 Å². The Balaban J connectivity index is 2.00. The molecule has 112 valence electrons. The van der Waals surface area contributed by atoms with Crippen molar-refractivity contribution in [2.45, 2.75) is 45.7 Å². The van der Waals surface area contributed by atoms with Crippen LogP contribution < -0.4 is 11.1 Å². The number of rotatable bonds is 6. The summed E-state index contributed by atoms with van der Waals surface area (Å²) >= 11 is 1.40. The van der Waals surface area contributed by atoms with Crippen molar-refractivity contribution in [2.75, 3.05) is 18.4 Å². The van der Waals surface area contributed by atoms with Crippen molar-refractivity contribution in [1.82, 2.24) is 14.5 Å². The molecule has 0 bridgehead atoms. The van der Waals surface area contributed by atoms with E-state index in [1.54, 1.807) is 0 Å². The maximum atomic E-state index is 11.4. The molecule has 1 saturated heterocycles. The quantitative estimate of drug-likeness (QED) is 0.830. The number of nitrogens with zero attached hydrogens (tertiary/aromatic N) is 3. The first-order chi connectivity index (χ1) is 9.61. The highest BCUT2D eigenvalue weighted by atomic mass is 32.1. The van der Waals surface area contributed by atoms with Gasteiger partial charge in [-0.3, -0.25) is 9.69 Å². The van der Waals surface area contributed by atoms with E-state index >= 15 is 0 Å². The minimum atomic E-state index is -0.192. The monoisotopic (exact) mass is 297 g/mol. The Hall–Kier alpha value is -1.21. The second-order valence-corrected chi connectivity index (χ2v) is 6.18. The van der Waals surface area contributed by atoms with Crippen LogP contribution in [0, 0.1) is 5.92 Å². The van der Waals surface area contributed by atoms with Crippen LogP contribution >= 0.6 is 11.5 Å². The van der Waals surface area contributed by atoms with E-state index in [0.29, 0.717) is 6.04 Å². The predicted octanol–water partition coefficient (Wildman–Crippen LogP) is 1.45. The van der Waals surface area contributed by atoms with Gasteiger partial charge in [0.25, 0.3) is 0 Å². The molecule has 1 aliphatic rings. The first-order valence-electron chi connectivity index (χ1n) is 7.20. The van der Waals surface area contributed by atoms with Crippen LogP contribution in [-0.4, -0.2) is 39.5 Å². The Labute approximate surface area is 123 Å². The number of likely N-dealkylation sites (tertiary alicyclic amines) is 1. The van der Waals surface area contributed by atoms with E-state index in [0.717, 1.165) is 49.6 Å². The minimum Gasteiger partial charge on any atom is -0.374 e. The fourth-order valence-corrected chi connectivity index (χ4v) is 3.11. The van der Waals surface area contributed by atoms with Gasteiger partial charge in [-0.1, -0.05) is 11.4 Å². The fourth-order valence-electron chi connectivity index (χ4n) is 2.51. The predicted molar refractivity (Wildman–Crippen MR) is 80.5 cm³/mol. The highest BCUT2D eigenvalue weighted by Gasteiger charge is 2.29. The van der Waals surface area contributed by atoms with E-state index in [9.17, 15) is 4.79 Å². The molecule has 20 heavy (non-hydrogen) atoms. The Bertz CT molecular complexity index is 450. The molecule has 1 aromatic rings. The van der Waals surface area contributed by atoms with Crippen LogP contribution in [-0.2, 0) is 11.3 Å². The fraction of sp³-hybridized carbons (Fsp3) is 0.769. The van der Waals surface area contributed by atoms with Crippen LogP contribution in [0.2, 0.25) is 0 Å². The van der Waals surface area contributed by atoms with Crippen LogP contribution in [0.4, 0.5) is 5.00 Å². The number of primary amides is 1. The number of nitrogens with two attached hydrogens (primary N) is 1. The van der Waals surface area contributed by atoms with Crippen molar-refractivity contribution in [2.24, 2.45) is 11.7 Å². The lowest BCUT2D eigenvalue weighted by atomic mass is 9.93. The zero-order chi connectivity index (χ0) is 14.5. The first-order valence-corrected chi connectivity index (χ1v) is 7.97. The van der Waals surface area contributed by atoms with Crippen molar-refractivity contribution in [1.29, 1.82) is 0 Å². The molecule has 1 fully saturated rings. The summed E-state index contributed by atoms with van der Waals surface area (Å²) in [5.41, 5.74) is 6.41. The number of piperidine rings is 1. The SMILES string of the molecule is CCCNc1snnc1CN1CC(C(N)=O)CCC1C. The molecular weight excluding hydrogens is 274 g/mol. The topological polar surface area (TPSA) is 84.1 Å². The van der Waals surface area contributed by atoms with Gasteiger partial charge in [-0.05, 0) is 26.2 Å². The molecule has 2 atom stereocenters. The Morgan fingerprint density at radius 2 is 2.35 bits per heavy atom. The summed E-state index contributed by atoms with van der Waals surface area (Å²) in [5, 5.41) is 8.61. The lowest BCUT2D eigenvalue weighted by molar-refractivity contribution is -0.124. The van der Waals surface area contributed by atoms with E-state index in [2.05, 4.69) is 33.7 Å². The van der Waals surface area contributed by atoms with Crippen molar-refractivity contribution < 1.29 is 4.79 Å². The molecule has 3 N–H and O–H groups in total. The van der Waals surface area contributed by atoms with Gasteiger partial charge in [0.1, 0.15) is 10.7 Å². The molecule has 1 aromatic heterocycles. The lowest BCUT2D eigenvalue weighted by Gasteiger charge is -2.36. The van der Waals surface area contributed by atoms with Crippen molar-refractivity contribution in [3.8, 4) is 0 Å². The van der Waals surface area contributed by atoms with Gasteiger partial charge < -0.3 is 11.1 Å². The molecule has 0 aromatic carbocycles. The Morgan fingerprint density at radius 1 is 1.55 bits per heavy atom. The van der Waals surface area contributed by atoms with Gasteiger partial charge in [0.2, 0.25) is 5.91 Å². The van der Waals surface area contributed by atoms with E-state index in [-0.39, 0.29) is 11.8 Å². The molecule has 2 heterocycles. The largest absolute Gasteiger partial charge is 0.374 e. The van der Waals surface area contributed by atoms with Crippen LogP contribution in [0.25, 0.3) is 0 Å². The number of carbonyl (C=O) groups excluding carboxylic acids is 1. The smallest absolute Gasteiger partial charge is 0.221 e. The second kappa shape index (κ2) is 6.99. The Kier molecular flexibility index (Phi) is 5.31. The third-order valence-electron chi connectivity index (χ3n) is 3.86. The summed E-state index contributed by atoms with van der Waals surface area (Å²) in [4.78, 5) is 13.7. The van der Waals surface area contributed by atoms with Gasteiger partial charge in [-0.25, -0.2) is 0 Å². The normalized spacial score (nSPS) is 23.7. The summed E-state index contributed by atoms with van der Waals surface area (Å²) < 4.78 is 4.03. The number of hydrogen-bond donors (Lipinski definition) is 2. The average molecular weight is 297 g/mol. The summed E-state index contributed by atoms with van der Waals surface area (Å²) in [6.07, 6.45) is 2.97. The van der Waals surface area contributed by atoms with E-state index in [4.69, 9.17) is 5.73 Å². The molecule has 0 aliphatic carbocycles. The molecule has 0 spiro atoms. The zero-order valence-corrected chi connectivity index (χ0v) is 12.9. The number of carbonyl (C=O) groups is 1. The number of nitrogens with one attached hydrogen (secondary N) is 1. The van der Waals surface area contributed by atoms with Crippen LogP contribution in [0.1, 0.15) is 38.8 Å². The zero-order valence-electron chi connectivity index (χ0n) is 12.1. The van der Waals surface area contributed by atoms with Gasteiger partial charge in [0.05, 0.1) is 5.92 Å². The highest BCUT2D eigenvalue weighted by molar-refractivity contribution is 7.10. The number of aromatic nitrogens is 2. The number of amides is 1. The highest BCUT2D eigenvalue weighted by Crippen LogP contribution is 2.26. The standard InChI is InChI=1S/C13H23N5OS/c1-3-6-15-13-11(16-17-20-13)8-18-7-10(12(14)19)5-4-9(18)2/h9-10,15H,3-8H2,1-2H3,(H2,14,19). The molecule has 2 rings (SSSR count). The van der Waals surface area contributed by atoms with E-state index < -0.39 is 0 Å². The minimum absolute atomic E-state index is 0.0372. The maximum absolute atomic E-state index is 11.4. The van der Waals surface area contributed by atoms with E-state index in [1.807, 2.05) is 0 Å². The van der Waals surface area contributed by atoms with Gasteiger partial charge in [0, 0.05) is 37.2 Å². The summed E-state index contributed by atoms with van der Waals surface area (Å²) in [5.74, 6) is -0.229.